The van der Waals surface area contributed by atoms with Crippen LogP contribution in [-0.2, 0) is 13.1 Å². The molecule has 2 aromatic rings. The standard InChI is InChI=1S/C17H25N3/c1-4-20-16(13-19-10-8-18(3)9-11-19)12-15-7-5-6-14(2)17(15)20/h5-7,12H,4,8-11,13H2,1-3H3. The first-order valence-electron chi connectivity index (χ1n) is 7.67. The quantitative estimate of drug-likeness (QED) is 0.850. The molecule has 0 amide bonds. The number of aryl methyl sites for hydroxylation is 2. The van der Waals surface area contributed by atoms with Gasteiger partial charge in [-0.2, -0.15) is 0 Å². The first-order chi connectivity index (χ1) is 9.69. The van der Waals surface area contributed by atoms with Crippen molar-refractivity contribution in [3.05, 3.63) is 35.5 Å². The molecule has 1 saturated heterocycles. The number of benzene rings is 1. The second kappa shape index (κ2) is 5.58. The van der Waals surface area contributed by atoms with Crippen molar-refractivity contribution in [1.82, 2.24) is 14.4 Å². The average molecular weight is 271 g/mol. The molecule has 1 aromatic carbocycles. The number of hydrogen-bond donors (Lipinski definition) is 0. The lowest BCUT2D eigenvalue weighted by molar-refractivity contribution is 0.146. The number of aromatic nitrogens is 1. The number of likely N-dealkylation sites (N-methyl/N-ethyl adjacent to an activating group) is 1. The molecular formula is C17H25N3. The molecule has 0 unspecified atom stereocenters. The van der Waals surface area contributed by atoms with Gasteiger partial charge in [0, 0.05) is 50.3 Å². The average Bonchev–Trinajstić information content (AvgIpc) is 2.80. The molecule has 1 aliphatic heterocycles. The molecule has 20 heavy (non-hydrogen) atoms. The van der Waals surface area contributed by atoms with E-state index in [9.17, 15) is 0 Å². The van der Waals surface area contributed by atoms with E-state index in [1.807, 2.05) is 0 Å². The molecule has 0 radical (unpaired) electrons. The van der Waals surface area contributed by atoms with Crippen LogP contribution in [0.3, 0.4) is 0 Å². The van der Waals surface area contributed by atoms with Crippen molar-refractivity contribution in [2.45, 2.75) is 26.9 Å². The fourth-order valence-corrected chi connectivity index (χ4v) is 3.30. The van der Waals surface area contributed by atoms with Gasteiger partial charge in [0.15, 0.2) is 0 Å². The predicted octanol–water partition coefficient (Wildman–Crippen LogP) is 2.72. The summed E-state index contributed by atoms with van der Waals surface area (Å²) in [5.41, 5.74) is 4.26. The molecule has 2 heterocycles. The summed E-state index contributed by atoms with van der Waals surface area (Å²) in [6, 6.07) is 9.00. The maximum Gasteiger partial charge on any atom is 0.0512 e. The first-order valence-corrected chi connectivity index (χ1v) is 7.67. The van der Waals surface area contributed by atoms with E-state index in [1.165, 1.54) is 48.3 Å². The van der Waals surface area contributed by atoms with Crippen LogP contribution in [0.25, 0.3) is 10.9 Å². The summed E-state index contributed by atoms with van der Waals surface area (Å²) in [7, 11) is 2.21. The summed E-state index contributed by atoms with van der Waals surface area (Å²) in [5, 5.41) is 1.39. The maximum absolute atomic E-state index is 2.58. The summed E-state index contributed by atoms with van der Waals surface area (Å²) in [4.78, 5) is 4.99. The van der Waals surface area contributed by atoms with E-state index >= 15 is 0 Å². The smallest absolute Gasteiger partial charge is 0.0512 e. The molecule has 1 fully saturated rings. The van der Waals surface area contributed by atoms with Crippen LogP contribution >= 0.6 is 0 Å². The van der Waals surface area contributed by atoms with Gasteiger partial charge in [-0.25, -0.2) is 0 Å². The molecule has 0 N–H and O–H groups in total. The van der Waals surface area contributed by atoms with Crippen LogP contribution in [0.1, 0.15) is 18.2 Å². The Labute approximate surface area is 121 Å². The number of nitrogens with zero attached hydrogens (tertiary/aromatic N) is 3. The highest BCUT2D eigenvalue weighted by Gasteiger charge is 2.17. The number of fused-ring (bicyclic) bond motifs is 1. The van der Waals surface area contributed by atoms with Gasteiger partial charge in [-0.15, -0.1) is 0 Å². The van der Waals surface area contributed by atoms with Crippen LogP contribution in [0, 0.1) is 6.92 Å². The lowest BCUT2D eigenvalue weighted by Crippen LogP contribution is -2.44. The summed E-state index contributed by atoms with van der Waals surface area (Å²) >= 11 is 0. The fraction of sp³-hybridized carbons (Fsp3) is 0.529. The molecule has 0 spiro atoms. The normalized spacial score (nSPS) is 17.9. The van der Waals surface area contributed by atoms with Crippen LogP contribution in [0.4, 0.5) is 0 Å². The van der Waals surface area contributed by atoms with Gasteiger partial charge in [-0.3, -0.25) is 4.90 Å². The molecule has 108 valence electrons. The van der Waals surface area contributed by atoms with Gasteiger partial charge >= 0.3 is 0 Å². The van der Waals surface area contributed by atoms with Crippen LogP contribution in [0.2, 0.25) is 0 Å². The molecule has 1 aromatic heterocycles. The second-order valence-corrected chi connectivity index (χ2v) is 5.97. The predicted molar refractivity (Wildman–Crippen MR) is 85.1 cm³/mol. The molecule has 3 heteroatoms. The zero-order valence-electron chi connectivity index (χ0n) is 12.9. The third kappa shape index (κ3) is 2.48. The maximum atomic E-state index is 2.58. The van der Waals surface area contributed by atoms with Gasteiger partial charge < -0.3 is 9.47 Å². The molecule has 0 aliphatic carbocycles. The summed E-state index contributed by atoms with van der Waals surface area (Å²) in [6.07, 6.45) is 0. The van der Waals surface area contributed by atoms with Crippen LogP contribution in [0.5, 0.6) is 0 Å². The van der Waals surface area contributed by atoms with Gasteiger partial charge in [0.25, 0.3) is 0 Å². The fourth-order valence-electron chi connectivity index (χ4n) is 3.30. The Morgan fingerprint density at radius 3 is 2.55 bits per heavy atom. The highest BCUT2D eigenvalue weighted by Crippen LogP contribution is 2.24. The number of piperazine rings is 1. The Hall–Kier alpha value is -1.32. The van der Waals surface area contributed by atoms with E-state index in [0.717, 1.165) is 13.1 Å². The third-order valence-corrected chi connectivity index (χ3v) is 4.51. The monoisotopic (exact) mass is 271 g/mol. The molecule has 0 atom stereocenters. The van der Waals surface area contributed by atoms with Crippen molar-refractivity contribution in [3.63, 3.8) is 0 Å². The van der Waals surface area contributed by atoms with Gasteiger partial charge in [0.2, 0.25) is 0 Å². The molecule has 0 bridgehead atoms. The summed E-state index contributed by atoms with van der Waals surface area (Å²) in [6.45, 7) is 11.3. The van der Waals surface area contributed by atoms with Crippen molar-refractivity contribution >= 4 is 10.9 Å². The van der Waals surface area contributed by atoms with Crippen molar-refractivity contribution in [2.75, 3.05) is 33.2 Å². The molecule has 3 rings (SSSR count). The van der Waals surface area contributed by atoms with Crippen molar-refractivity contribution in [3.8, 4) is 0 Å². The van der Waals surface area contributed by atoms with Crippen LogP contribution in [-0.4, -0.2) is 47.6 Å². The van der Waals surface area contributed by atoms with Crippen LogP contribution in [0.15, 0.2) is 24.3 Å². The van der Waals surface area contributed by atoms with E-state index in [-0.39, 0.29) is 0 Å². The van der Waals surface area contributed by atoms with E-state index in [1.54, 1.807) is 0 Å². The Morgan fingerprint density at radius 2 is 1.85 bits per heavy atom. The Bertz CT molecular complexity index is 592. The highest BCUT2D eigenvalue weighted by atomic mass is 15.2. The highest BCUT2D eigenvalue weighted by molar-refractivity contribution is 5.84. The minimum absolute atomic E-state index is 1.05. The summed E-state index contributed by atoms with van der Waals surface area (Å²) in [5.74, 6) is 0. The minimum atomic E-state index is 1.05. The van der Waals surface area contributed by atoms with Gasteiger partial charge in [-0.05, 0) is 32.5 Å². The second-order valence-electron chi connectivity index (χ2n) is 5.97. The van der Waals surface area contributed by atoms with Gasteiger partial charge in [0.1, 0.15) is 0 Å². The van der Waals surface area contributed by atoms with E-state index in [0.29, 0.717) is 0 Å². The van der Waals surface area contributed by atoms with Crippen LogP contribution < -0.4 is 0 Å². The van der Waals surface area contributed by atoms with Crippen molar-refractivity contribution in [1.29, 1.82) is 0 Å². The Balaban J connectivity index is 1.89. The topological polar surface area (TPSA) is 11.4 Å². The SMILES string of the molecule is CCn1c(CN2CCN(C)CC2)cc2cccc(C)c21. The number of rotatable bonds is 3. The van der Waals surface area contributed by atoms with E-state index < -0.39 is 0 Å². The molecular weight excluding hydrogens is 246 g/mol. The largest absolute Gasteiger partial charge is 0.343 e. The number of hydrogen-bond acceptors (Lipinski definition) is 2. The number of para-hydroxylation sites is 1. The molecule has 3 nitrogen and oxygen atoms in total. The zero-order chi connectivity index (χ0) is 14.1. The zero-order valence-corrected chi connectivity index (χ0v) is 12.9. The van der Waals surface area contributed by atoms with Crippen molar-refractivity contribution in [2.24, 2.45) is 0 Å². The first kappa shape index (κ1) is 13.7. The Morgan fingerprint density at radius 1 is 1.10 bits per heavy atom. The lowest BCUT2D eigenvalue weighted by Gasteiger charge is -2.32. The Kier molecular flexibility index (Phi) is 3.81. The van der Waals surface area contributed by atoms with Gasteiger partial charge in [0.05, 0.1) is 5.52 Å². The van der Waals surface area contributed by atoms with E-state index in [4.69, 9.17) is 0 Å². The van der Waals surface area contributed by atoms with Crippen molar-refractivity contribution < 1.29 is 0 Å². The van der Waals surface area contributed by atoms with Gasteiger partial charge in [-0.1, -0.05) is 18.2 Å². The third-order valence-electron chi connectivity index (χ3n) is 4.51. The molecule has 0 saturated carbocycles. The minimum Gasteiger partial charge on any atom is -0.343 e. The lowest BCUT2D eigenvalue weighted by atomic mass is 10.2. The molecule has 1 aliphatic rings. The van der Waals surface area contributed by atoms with E-state index in [2.05, 4.69) is 59.5 Å². The summed E-state index contributed by atoms with van der Waals surface area (Å²) < 4.78 is 2.49.